The van der Waals surface area contributed by atoms with Crippen molar-refractivity contribution in [2.45, 2.75) is 6.92 Å². The maximum atomic E-state index is 11.5. The number of carbonyl (C=O) groups excluding carboxylic acids is 1. The first-order chi connectivity index (χ1) is 8.17. The molecule has 0 saturated carbocycles. The highest BCUT2D eigenvalue weighted by molar-refractivity contribution is 6.02. The minimum absolute atomic E-state index is 0.0103. The van der Waals surface area contributed by atoms with Gasteiger partial charge in [-0.25, -0.2) is 0 Å². The largest absolute Gasteiger partial charge is 0.496 e. The second kappa shape index (κ2) is 4.45. The molecule has 0 N–H and O–H groups in total. The Kier molecular flexibility index (Phi) is 3.00. The molecule has 2 aromatic carbocycles. The van der Waals surface area contributed by atoms with Crippen molar-refractivity contribution >= 4 is 16.6 Å². The first kappa shape index (κ1) is 11.5. The molecule has 0 spiro atoms. The molecule has 0 heterocycles. The van der Waals surface area contributed by atoms with Gasteiger partial charge in [-0.1, -0.05) is 12.1 Å². The quantitative estimate of drug-likeness (QED) is 0.760. The Labute approximate surface area is 100.0 Å². The van der Waals surface area contributed by atoms with Crippen LogP contribution in [0.2, 0.25) is 0 Å². The van der Waals surface area contributed by atoms with Gasteiger partial charge in [0.1, 0.15) is 11.5 Å². The minimum atomic E-state index is 0.0103. The summed E-state index contributed by atoms with van der Waals surface area (Å²) >= 11 is 0. The molecule has 0 amide bonds. The fraction of sp³-hybridized carbons (Fsp3) is 0.214. The van der Waals surface area contributed by atoms with E-state index in [1.54, 1.807) is 20.3 Å². The van der Waals surface area contributed by atoms with E-state index in [0.29, 0.717) is 11.3 Å². The maximum absolute atomic E-state index is 11.5. The van der Waals surface area contributed by atoms with Gasteiger partial charge in [-0.2, -0.15) is 0 Å². The van der Waals surface area contributed by atoms with E-state index in [9.17, 15) is 4.79 Å². The second-order valence-corrected chi connectivity index (χ2v) is 3.79. The molecular weight excluding hydrogens is 216 g/mol. The molecule has 0 unspecified atom stereocenters. The summed E-state index contributed by atoms with van der Waals surface area (Å²) in [6, 6.07) is 9.30. The van der Waals surface area contributed by atoms with Crippen LogP contribution in [-0.2, 0) is 0 Å². The normalized spacial score (nSPS) is 10.3. The predicted octanol–water partition coefficient (Wildman–Crippen LogP) is 3.06. The number of methoxy groups -OCH3 is 2. The van der Waals surface area contributed by atoms with E-state index in [-0.39, 0.29) is 5.78 Å². The monoisotopic (exact) mass is 230 g/mol. The zero-order valence-electron chi connectivity index (χ0n) is 10.1. The molecule has 0 aromatic heterocycles. The highest BCUT2D eigenvalue weighted by Crippen LogP contribution is 2.33. The van der Waals surface area contributed by atoms with Gasteiger partial charge < -0.3 is 9.47 Å². The number of fused-ring (bicyclic) bond motifs is 1. The van der Waals surface area contributed by atoms with Crippen molar-refractivity contribution in [1.29, 1.82) is 0 Å². The molecular formula is C14H14O3. The third kappa shape index (κ3) is 1.96. The number of Topliss-reactive ketones (excluding diaryl/α,β-unsaturated/α-hetero) is 1. The number of hydrogen-bond acceptors (Lipinski definition) is 3. The number of ether oxygens (including phenoxy) is 2. The van der Waals surface area contributed by atoms with Crippen LogP contribution >= 0.6 is 0 Å². The summed E-state index contributed by atoms with van der Waals surface area (Å²) < 4.78 is 10.6. The Balaban J connectivity index is 2.82. The van der Waals surface area contributed by atoms with E-state index in [0.717, 1.165) is 16.5 Å². The van der Waals surface area contributed by atoms with Crippen LogP contribution in [-0.4, -0.2) is 20.0 Å². The van der Waals surface area contributed by atoms with Gasteiger partial charge in [-0.15, -0.1) is 0 Å². The Morgan fingerprint density at radius 3 is 2.29 bits per heavy atom. The zero-order valence-corrected chi connectivity index (χ0v) is 10.1. The fourth-order valence-corrected chi connectivity index (χ4v) is 1.87. The Bertz CT molecular complexity index is 573. The Morgan fingerprint density at radius 2 is 1.71 bits per heavy atom. The summed E-state index contributed by atoms with van der Waals surface area (Å²) in [5.74, 6) is 1.44. The van der Waals surface area contributed by atoms with Gasteiger partial charge in [0.05, 0.1) is 14.2 Å². The van der Waals surface area contributed by atoms with Crippen molar-refractivity contribution in [3.05, 3.63) is 35.9 Å². The average Bonchev–Trinajstić information content (AvgIpc) is 2.36. The molecule has 3 heteroatoms. The van der Waals surface area contributed by atoms with E-state index in [4.69, 9.17) is 9.47 Å². The number of ketones is 1. The zero-order chi connectivity index (χ0) is 12.4. The summed E-state index contributed by atoms with van der Waals surface area (Å²) in [5.41, 5.74) is 0.624. The maximum Gasteiger partial charge on any atom is 0.159 e. The van der Waals surface area contributed by atoms with E-state index >= 15 is 0 Å². The predicted molar refractivity (Wildman–Crippen MR) is 67.1 cm³/mol. The van der Waals surface area contributed by atoms with Crippen molar-refractivity contribution in [3.8, 4) is 11.5 Å². The van der Waals surface area contributed by atoms with E-state index in [1.807, 2.05) is 24.3 Å². The van der Waals surface area contributed by atoms with Crippen molar-refractivity contribution in [3.63, 3.8) is 0 Å². The summed E-state index contributed by atoms with van der Waals surface area (Å²) in [4.78, 5) is 11.5. The average molecular weight is 230 g/mol. The van der Waals surface area contributed by atoms with Crippen LogP contribution in [0.3, 0.4) is 0 Å². The minimum Gasteiger partial charge on any atom is -0.496 e. The summed E-state index contributed by atoms with van der Waals surface area (Å²) in [6.07, 6.45) is 0. The van der Waals surface area contributed by atoms with Gasteiger partial charge in [-0.05, 0) is 25.1 Å². The van der Waals surface area contributed by atoms with Crippen LogP contribution in [0.1, 0.15) is 17.3 Å². The summed E-state index contributed by atoms with van der Waals surface area (Å²) in [7, 11) is 3.21. The summed E-state index contributed by atoms with van der Waals surface area (Å²) in [5, 5.41) is 1.83. The lowest BCUT2D eigenvalue weighted by molar-refractivity contribution is 0.101. The van der Waals surface area contributed by atoms with Crippen LogP contribution in [0.5, 0.6) is 11.5 Å². The number of rotatable bonds is 3. The molecule has 0 bridgehead atoms. The lowest BCUT2D eigenvalue weighted by Crippen LogP contribution is -1.96. The lowest BCUT2D eigenvalue weighted by Gasteiger charge is -2.10. The van der Waals surface area contributed by atoms with Crippen LogP contribution in [0.4, 0.5) is 0 Å². The molecule has 88 valence electrons. The molecule has 2 aromatic rings. The van der Waals surface area contributed by atoms with Crippen molar-refractivity contribution in [2.24, 2.45) is 0 Å². The molecule has 0 aliphatic heterocycles. The molecule has 2 rings (SSSR count). The topological polar surface area (TPSA) is 35.5 Å². The fourth-order valence-electron chi connectivity index (χ4n) is 1.87. The van der Waals surface area contributed by atoms with Crippen molar-refractivity contribution < 1.29 is 14.3 Å². The van der Waals surface area contributed by atoms with Gasteiger partial charge in [0.2, 0.25) is 0 Å². The molecule has 0 aliphatic rings. The number of carbonyl (C=O) groups is 1. The van der Waals surface area contributed by atoms with Gasteiger partial charge in [0.15, 0.2) is 5.78 Å². The lowest BCUT2D eigenvalue weighted by atomic mass is 10.0. The standard InChI is InChI=1S/C14H14O3/c1-9(15)10-7-12-11(14(8-10)17-3)5-4-6-13(12)16-2/h4-8H,1-3H3. The second-order valence-electron chi connectivity index (χ2n) is 3.79. The smallest absolute Gasteiger partial charge is 0.159 e. The van der Waals surface area contributed by atoms with Gasteiger partial charge >= 0.3 is 0 Å². The number of hydrogen-bond donors (Lipinski definition) is 0. The van der Waals surface area contributed by atoms with Gasteiger partial charge in [-0.3, -0.25) is 4.79 Å². The first-order valence-corrected chi connectivity index (χ1v) is 5.33. The molecule has 3 nitrogen and oxygen atoms in total. The first-order valence-electron chi connectivity index (χ1n) is 5.33. The Hall–Kier alpha value is -2.03. The summed E-state index contributed by atoms with van der Waals surface area (Å²) in [6.45, 7) is 1.54. The SMILES string of the molecule is COc1cc(C(C)=O)cc2c(OC)cccc12. The van der Waals surface area contributed by atoms with Crippen LogP contribution in [0.15, 0.2) is 30.3 Å². The van der Waals surface area contributed by atoms with Gasteiger partial charge in [0.25, 0.3) is 0 Å². The van der Waals surface area contributed by atoms with Gasteiger partial charge in [0, 0.05) is 16.3 Å². The van der Waals surface area contributed by atoms with Crippen LogP contribution in [0, 0.1) is 0 Å². The molecule has 0 saturated heterocycles. The Morgan fingerprint density at radius 1 is 1.00 bits per heavy atom. The highest BCUT2D eigenvalue weighted by Gasteiger charge is 2.10. The molecule has 0 fully saturated rings. The van der Waals surface area contributed by atoms with Crippen LogP contribution in [0.25, 0.3) is 10.8 Å². The van der Waals surface area contributed by atoms with E-state index in [2.05, 4.69) is 0 Å². The van der Waals surface area contributed by atoms with Crippen LogP contribution < -0.4 is 9.47 Å². The highest BCUT2D eigenvalue weighted by atomic mass is 16.5. The molecule has 0 radical (unpaired) electrons. The van der Waals surface area contributed by atoms with Crippen molar-refractivity contribution in [1.82, 2.24) is 0 Å². The number of benzene rings is 2. The van der Waals surface area contributed by atoms with Crippen molar-refractivity contribution in [2.75, 3.05) is 14.2 Å². The third-order valence-corrected chi connectivity index (χ3v) is 2.76. The molecule has 0 aliphatic carbocycles. The van der Waals surface area contributed by atoms with E-state index in [1.165, 1.54) is 6.92 Å². The molecule has 17 heavy (non-hydrogen) atoms. The molecule has 0 atom stereocenters. The third-order valence-electron chi connectivity index (χ3n) is 2.76. The van der Waals surface area contributed by atoms with E-state index < -0.39 is 0 Å².